The molecule has 0 bridgehead atoms. The van der Waals surface area contributed by atoms with Crippen LogP contribution in [0.15, 0.2) is 53.7 Å². The third kappa shape index (κ3) is 6.07. The number of hydrogen-bond acceptors (Lipinski definition) is 4. The second kappa shape index (κ2) is 11.0. The molecule has 2 aliphatic rings. The Balaban J connectivity index is 1.22. The van der Waals surface area contributed by atoms with E-state index in [1.807, 2.05) is 36.3 Å². The summed E-state index contributed by atoms with van der Waals surface area (Å²) in [5.41, 5.74) is 4.21. The molecule has 0 spiro atoms. The van der Waals surface area contributed by atoms with Gasteiger partial charge in [-0.3, -0.25) is 14.3 Å². The van der Waals surface area contributed by atoms with E-state index in [-0.39, 0.29) is 16.6 Å². The van der Waals surface area contributed by atoms with Crippen LogP contribution < -0.4 is 4.72 Å². The van der Waals surface area contributed by atoms with E-state index in [0.29, 0.717) is 0 Å². The van der Waals surface area contributed by atoms with Crippen LogP contribution in [0.1, 0.15) is 73.7 Å². The van der Waals surface area contributed by atoms with Crippen LogP contribution in [-0.4, -0.2) is 29.6 Å². The fraction of sp³-hybridized carbons (Fsp3) is 0.483. The number of anilines is 1. The summed E-state index contributed by atoms with van der Waals surface area (Å²) in [6.07, 6.45) is 13.0. The van der Waals surface area contributed by atoms with Crippen LogP contribution in [-0.2, 0) is 36.5 Å². The van der Waals surface area contributed by atoms with Gasteiger partial charge < -0.3 is 0 Å². The van der Waals surface area contributed by atoms with E-state index in [1.54, 1.807) is 18.2 Å². The molecule has 3 aromatic rings. The first-order valence-electron chi connectivity index (χ1n) is 13.4. The Kier molecular flexibility index (Phi) is 7.67. The van der Waals surface area contributed by atoms with E-state index in [1.165, 1.54) is 38.2 Å². The van der Waals surface area contributed by atoms with Crippen molar-refractivity contribution in [2.45, 2.75) is 75.8 Å². The average Bonchev–Trinajstić information content (AvgIpc) is 3.56. The largest absolute Gasteiger partial charge is 0.292 e. The summed E-state index contributed by atoms with van der Waals surface area (Å²) in [6.45, 7) is 3.74. The molecule has 0 radical (unpaired) electrons. The zero-order chi connectivity index (χ0) is 26.0. The van der Waals surface area contributed by atoms with E-state index < -0.39 is 15.8 Å². The molecule has 2 heterocycles. The first kappa shape index (κ1) is 25.9. The molecule has 37 heavy (non-hydrogen) atoms. The van der Waals surface area contributed by atoms with Crippen molar-refractivity contribution in [2.24, 2.45) is 13.0 Å². The van der Waals surface area contributed by atoms with Gasteiger partial charge in [-0.05, 0) is 73.1 Å². The van der Waals surface area contributed by atoms with Gasteiger partial charge in [0, 0.05) is 37.9 Å². The number of hydrogen-bond donors (Lipinski definition) is 1. The summed E-state index contributed by atoms with van der Waals surface area (Å²) in [5.74, 6) is 0.292. The highest BCUT2D eigenvalue weighted by molar-refractivity contribution is 7.92. The predicted molar refractivity (Wildman–Crippen MR) is 144 cm³/mol. The molecule has 8 heteroatoms. The van der Waals surface area contributed by atoms with Crippen LogP contribution in [0.25, 0.3) is 0 Å². The molecule has 1 aliphatic heterocycles. The highest BCUT2D eigenvalue weighted by Gasteiger charge is 2.25. The van der Waals surface area contributed by atoms with Crippen molar-refractivity contribution >= 4 is 15.7 Å². The normalized spacial score (nSPS) is 17.6. The second-order valence-electron chi connectivity index (χ2n) is 10.7. The lowest BCUT2D eigenvalue weighted by molar-refractivity contribution is 0.192. The van der Waals surface area contributed by atoms with E-state index in [9.17, 15) is 12.8 Å². The SMILES string of the molecule is CC(c1cnn(C)c1)N1CCc2cc(S(=O)(=O)Nc3ccc(CCCC4CCCC4)cc3F)ccc2C1. The summed E-state index contributed by atoms with van der Waals surface area (Å²) in [6, 6.07) is 10.3. The molecular formula is C29H37FN4O2S. The third-order valence-electron chi connectivity index (χ3n) is 8.12. The minimum atomic E-state index is -3.89. The average molecular weight is 525 g/mol. The molecule has 1 atom stereocenters. The monoisotopic (exact) mass is 524 g/mol. The maximum absolute atomic E-state index is 14.8. The molecule has 198 valence electrons. The van der Waals surface area contributed by atoms with Gasteiger partial charge in [0.05, 0.1) is 16.8 Å². The summed E-state index contributed by atoms with van der Waals surface area (Å²) < 4.78 is 45.3. The summed E-state index contributed by atoms with van der Waals surface area (Å²) in [5, 5.41) is 4.28. The first-order valence-corrected chi connectivity index (χ1v) is 14.9. The lowest BCUT2D eigenvalue weighted by Crippen LogP contribution is -2.33. The number of nitrogens with one attached hydrogen (secondary N) is 1. The first-order chi connectivity index (χ1) is 17.8. The van der Waals surface area contributed by atoms with E-state index >= 15 is 0 Å². The Labute approximate surface area is 219 Å². The highest BCUT2D eigenvalue weighted by Crippen LogP contribution is 2.31. The number of halogens is 1. The summed E-state index contributed by atoms with van der Waals surface area (Å²) in [4.78, 5) is 2.54. The third-order valence-corrected chi connectivity index (χ3v) is 9.48. The quantitative estimate of drug-likeness (QED) is 0.373. The van der Waals surface area contributed by atoms with Gasteiger partial charge in [-0.1, -0.05) is 44.2 Å². The number of nitrogens with zero attached hydrogens (tertiary/aromatic N) is 3. The molecule has 2 aromatic carbocycles. The Morgan fingerprint density at radius 2 is 1.95 bits per heavy atom. The molecule has 5 rings (SSSR count). The summed E-state index contributed by atoms with van der Waals surface area (Å²) >= 11 is 0. The molecule has 1 saturated carbocycles. The van der Waals surface area contributed by atoms with Gasteiger partial charge in [0.1, 0.15) is 5.82 Å². The minimum Gasteiger partial charge on any atom is -0.292 e. The zero-order valence-electron chi connectivity index (χ0n) is 21.8. The lowest BCUT2D eigenvalue weighted by Gasteiger charge is -2.33. The maximum atomic E-state index is 14.8. The standard InChI is InChI=1S/C29H37FN4O2S/c1-21(26-18-31-33(2)19-26)34-15-14-24-17-27(12-11-25(24)20-34)37(35,36)32-29-13-10-23(16-28(29)30)9-5-8-22-6-3-4-7-22/h10-13,16-19,21-22,32H,3-9,14-15,20H2,1-2H3. The van der Waals surface area contributed by atoms with Crippen LogP contribution >= 0.6 is 0 Å². The number of sulfonamides is 1. The lowest BCUT2D eigenvalue weighted by atomic mass is 9.98. The Hall–Kier alpha value is -2.71. The fourth-order valence-electron chi connectivity index (χ4n) is 5.81. The fourth-order valence-corrected chi connectivity index (χ4v) is 6.93. The Morgan fingerprint density at radius 3 is 2.68 bits per heavy atom. The van der Waals surface area contributed by atoms with E-state index in [0.717, 1.165) is 60.5 Å². The Morgan fingerprint density at radius 1 is 1.14 bits per heavy atom. The molecule has 0 amide bonds. The van der Waals surface area contributed by atoms with Crippen molar-refractivity contribution in [1.82, 2.24) is 14.7 Å². The second-order valence-corrected chi connectivity index (χ2v) is 12.4. The van der Waals surface area contributed by atoms with Gasteiger partial charge >= 0.3 is 0 Å². The van der Waals surface area contributed by atoms with Crippen LogP contribution in [0.2, 0.25) is 0 Å². The minimum absolute atomic E-state index is 0.00580. The van der Waals surface area contributed by atoms with E-state index in [4.69, 9.17) is 0 Å². The van der Waals surface area contributed by atoms with E-state index in [2.05, 4.69) is 21.6 Å². The predicted octanol–water partition coefficient (Wildman–Crippen LogP) is 5.99. The van der Waals surface area contributed by atoms with Gasteiger partial charge in [0.15, 0.2) is 0 Å². The van der Waals surface area contributed by atoms with Crippen LogP contribution in [0.4, 0.5) is 10.1 Å². The summed E-state index contributed by atoms with van der Waals surface area (Å²) in [7, 11) is -1.98. The van der Waals surface area contributed by atoms with Crippen molar-refractivity contribution in [1.29, 1.82) is 0 Å². The van der Waals surface area contributed by atoms with Gasteiger partial charge in [-0.25, -0.2) is 12.8 Å². The smallest absolute Gasteiger partial charge is 0.261 e. The highest BCUT2D eigenvalue weighted by atomic mass is 32.2. The molecule has 1 aliphatic carbocycles. The molecule has 0 saturated heterocycles. The van der Waals surface area contributed by atoms with Crippen LogP contribution in [0, 0.1) is 11.7 Å². The van der Waals surface area contributed by atoms with Gasteiger partial charge in [-0.2, -0.15) is 5.10 Å². The van der Waals surface area contributed by atoms with Crippen molar-refractivity contribution < 1.29 is 12.8 Å². The van der Waals surface area contributed by atoms with Crippen molar-refractivity contribution in [3.63, 3.8) is 0 Å². The van der Waals surface area contributed by atoms with Gasteiger partial charge in [0.2, 0.25) is 0 Å². The Bertz CT molecular complexity index is 1350. The molecule has 1 fully saturated rings. The van der Waals surface area contributed by atoms with Gasteiger partial charge in [0.25, 0.3) is 10.0 Å². The molecular weight excluding hydrogens is 487 g/mol. The number of aromatic nitrogens is 2. The molecule has 1 unspecified atom stereocenters. The number of aryl methyl sites for hydroxylation is 2. The molecule has 1 N–H and O–H groups in total. The van der Waals surface area contributed by atoms with Crippen molar-refractivity contribution in [3.8, 4) is 0 Å². The number of rotatable bonds is 9. The number of benzene rings is 2. The molecule has 1 aromatic heterocycles. The van der Waals surface area contributed by atoms with Crippen molar-refractivity contribution in [2.75, 3.05) is 11.3 Å². The topological polar surface area (TPSA) is 67.2 Å². The zero-order valence-corrected chi connectivity index (χ0v) is 22.6. The maximum Gasteiger partial charge on any atom is 0.261 e. The van der Waals surface area contributed by atoms with Gasteiger partial charge in [-0.15, -0.1) is 0 Å². The van der Waals surface area contributed by atoms with Crippen molar-refractivity contribution in [3.05, 3.63) is 76.9 Å². The van der Waals surface area contributed by atoms with Crippen LogP contribution in [0.5, 0.6) is 0 Å². The van der Waals surface area contributed by atoms with Crippen LogP contribution in [0.3, 0.4) is 0 Å². The molecule has 6 nitrogen and oxygen atoms in total. The number of fused-ring (bicyclic) bond motifs is 1.